The number of halogens is 3. The van der Waals surface area contributed by atoms with Gasteiger partial charge >= 0.3 is 6.18 Å². The molecule has 130 valence electrons. The van der Waals surface area contributed by atoms with Gasteiger partial charge in [0.1, 0.15) is 0 Å². The largest absolute Gasteiger partial charge is 0.491 e. The zero-order valence-electron chi connectivity index (χ0n) is 12.3. The van der Waals surface area contributed by atoms with Gasteiger partial charge in [-0.05, 0) is 17.3 Å². The van der Waals surface area contributed by atoms with Crippen molar-refractivity contribution in [1.29, 1.82) is 0 Å². The number of nitrogens with zero attached hydrogens (tertiary/aromatic N) is 1. The summed E-state index contributed by atoms with van der Waals surface area (Å²) in [5.41, 5.74) is 8.09. The Morgan fingerprint density at radius 2 is 1.68 bits per heavy atom. The first-order valence-corrected chi connectivity index (χ1v) is 6.83. The van der Waals surface area contributed by atoms with Gasteiger partial charge in [-0.25, -0.2) is 0 Å². The molecule has 2 aromatic carbocycles. The molecule has 0 bridgehead atoms. The Balaban J connectivity index is 2.06. The molecule has 10 heteroatoms. The van der Waals surface area contributed by atoms with E-state index >= 15 is 0 Å². The summed E-state index contributed by atoms with van der Waals surface area (Å²) in [5.74, 6) is -0.791. The summed E-state index contributed by atoms with van der Waals surface area (Å²) in [5, 5.41) is 13.1. The number of nitrogens with two attached hydrogens (primary N) is 2. The van der Waals surface area contributed by atoms with E-state index in [0.29, 0.717) is 0 Å². The first kappa shape index (κ1) is 16.7. The van der Waals surface area contributed by atoms with Gasteiger partial charge in [0, 0.05) is 5.56 Å². The normalized spacial score (nSPS) is 13.3. The molecular weight excluding hydrogens is 343 g/mol. The highest BCUT2D eigenvalue weighted by molar-refractivity contribution is 5.67. The smallest absolute Gasteiger partial charge is 0.416 e. The second kappa shape index (κ2) is 5.45. The van der Waals surface area contributed by atoms with Crippen molar-refractivity contribution in [3.05, 3.63) is 61.4 Å². The van der Waals surface area contributed by atoms with Crippen LogP contribution in [-0.2, 0) is 6.18 Å². The molecular formula is C15H10F3N3O4. The molecule has 7 nitrogen and oxygen atoms in total. The fourth-order valence-electron chi connectivity index (χ4n) is 2.47. The highest BCUT2D eigenvalue weighted by atomic mass is 19.4. The van der Waals surface area contributed by atoms with Gasteiger partial charge < -0.3 is 21.1 Å². The van der Waals surface area contributed by atoms with Crippen LogP contribution in [0.2, 0.25) is 0 Å². The van der Waals surface area contributed by atoms with Crippen LogP contribution >= 0.6 is 0 Å². The van der Waals surface area contributed by atoms with Crippen LogP contribution < -0.4 is 22.3 Å². The van der Waals surface area contributed by atoms with E-state index in [9.17, 15) is 27.9 Å². The maximum absolute atomic E-state index is 12.6. The van der Waals surface area contributed by atoms with Gasteiger partial charge in [-0.3, -0.25) is 9.59 Å². The van der Waals surface area contributed by atoms with Crippen molar-refractivity contribution in [1.82, 2.24) is 5.16 Å². The van der Waals surface area contributed by atoms with Gasteiger partial charge in [0.15, 0.2) is 5.76 Å². The van der Waals surface area contributed by atoms with E-state index in [0.717, 1.165) is 24.3 Å². The minimum absolute atomic E-state index is 0.133. The Hall–Kier alpha value is -3.14. The fourth-order valence-corrected chi connectivity index (χ4v) is 2.47. The number of hydrogen-bond donors (Lipinski definition) is 3. The molecule has 1 aromatic heterocycles. The lowest BCUT2D eigenvalue weighted by molar-refractivity contribution is -0.137. The van der Waals surface area contributed by atoms with Crippen LogP contribution in [0.15, 0.2) is 38.4 Å². The van der Waals surface area contributed by atoms with Gasteiger partial charge in [-0.15, -0.1) is 0 Å². The predicted octanol–water partition coefficient (Wildman–Crippen LogP) is 1.29. The first-order valence-electron chi connectivity index (χ1n) is 6.83. The molecule has 0 amide bonds. The van der Waals surface area contributed by atoms with Crippen molar-refractivity contribution in [2.24, 2.45) is 5.73 Å². The third kappa shape index (κ3) is 2.56. The number of aromatic hydroxyl groups is 1. The molecule has 0 fully saturated rings. The van der Waals surface area contributed by atoms with Crippen LogP contribution in [0.25, 0.3) is 11.3 Å². The van der Waals surface area contributed by atoms with Crippen molar-refractivity contribution in [2.45, 2.75) is 12.2 Å². The maximum Gasteiger partial charge on any atom is 0.416 e. The number of anilines is 1. The number of rotatable bonds is 3. The van der Waals surface area contributed by atoms with E-state index in [4.69, 9.17) is 16.0 Å². The summed E-state index contributed by atoms with van der Waals surface area (Å²) < 4.78 is 42.8. The van der Waals surface area contributed by atoms with Crippen LogP contribution in [0, 0.1) is 0 Å². The van der Waals surface area contributed by atoms with Crippen LogP contribution in [0.1, 0.15) is 22.7 Å². The summed E-state index contributed by atoms with van der Waals surface area (Å²) in [6.07, 6.45) is -4.51. The summed E-state index contributed by atoms with van der Waals surface area (Å²) in [6.45, 7) is 0. The number of aromatic nitrogens is 1. The van der Waals surface area contributed by atoms with Crippen molar-refractivity contribution in [3.63, 3.8) is 0 Å². The van der Waals surface area contributed by atoms with Gasteiger partial charge in [-0.1, -0.05) is 12.1 Å². The van der Waals surface area contributed by atoms with Gasteiger partial charge in [-0.2, -0.15) is 13.2 Å². The number of nitrogen functional groups attached to an aromatic ring is 1. The van der Waals surface area contributed by atoms with Crippen molar-refractivity contribution in [3.8, 4) is 17.2 Å². The predicted molar refractivity (Wildman–Crippen MR) is 80.4 cm³/mol. The molecule has 0 aliphatic carbocycles. The Morgan fingerprint density at radius 3 is 2.20 bits per heavy atom. The lowest BCUT2D eigenvalue weighted by Gasteiger charge is -2.15. The molecule has 0 aliphatic rings. The minimum atomic E-state index is -4.51. The molecule has 3 aromatic rings. The van der Waals surface area contributed by atoms with E-state index in [-0.39, 0.29) is 28.1 Å². The molecule has 0 saturated carbocycles. The molecule has 0 saturated heterocycles. The van der Waals surface area contributed by atoms with Crippen LogP contribution in [-0.4, -0.2) is 10.3 Å². The fraction of sp³-hybridized carbons (Fsp3) is 0.133. The van der Waals surface area contributed by atoms with E-state index in [2.05, 4.69) is 5.16 Å². The zero-order valence-corrected chi connectivity index (χ0v) is 12.3. The Morgan fingerprint density at radius 1 is 1.08 bits per heavy atom. The van der Waals surface area contributed by atoms with E-state index < -0.39 is 34.5 Å². The molecule has 1 unspecified atom stereocenters. The third-order valence-electron chi connectivity index (χ3n) is 3.79. The van der Waals surface area contributed by atoms with Crippen molar-refractivity contribution < 1.29 is 22.8 Å². The highest BCUT2D eigenvalue weighted by Gasteiger charge is 2.33. The summed E-state index contributed by atoms with van der Waals surface area (Å²) in [6, 6.07) is 2.52. The van der Waals surface area contributed by atoms with E-state index in [1.54, 1.807) is 0 Å². The molecule has 1 heterocycles. The van der Waals surface area contributed by atoms with Crippen LogP contribution in [0.5, 0.6) is 5.88 Å². The Kier molecular flexibility index (Phi) is 3.64. The summed E-state index contributed by atoms with van der Waals surface area (Å²) >= 11 is 0. The average Bonchev–Trinajstić information content (AvgIpc) is 2.95. The van der Waals surface area contributed by atoms with Crippen LogP contribution in [0.3, 0.4) is 0 Å². The Labute approximate surface area is 137 Å². The van der Waals surface area contributed by atoms with Crippen molar-refractivity contribution >= 4 is 5.69 Å². The molecule has 3 rings (SSSR count). The summed E-state index contributed by atoms with van der Waals surface area (Å²) in [4.78, 5) is 22.8. The first-order chi connectivity index (χ1) is 11.6. The SMILES string of the molecule is Nc1c(C(N)c2c(O)noc2-c2ccc(C(F)(F)F)cc2)c(=O)c1=O. The molecule has 1 atom stereocenters. The third-order valence-corrected chi connectivity index (χ3v) is 3.79. The van der Waals surface area contributed by atoms with Gasteiger partial charge in [0.05, 0.1) is 28.4 Å². The number of hydrogen-bond acceptors (Lipinski definition) is 7. The monoisotopic (exact) mass is 353 g/mol. The molecule has 5 N–H and O–H groups in total. The van der Waals surface area contributed by atoms with Crippen molar-refractivity contribution in [2.75, 3.05) is 5.73 Å². The van der Waals surface area contributed by atoms with E-state index in [1.165, 1.54) is 0 Å². The second-order valence-electron chi connectivity index (χ2n) is 5.29. The standard InChI is InChI=1S/C15H10F3N3O4/c16-15(17,18)6-3-1-5(2-4-6)13-8(14(24)21-25-13)9(19)7-10(20)12(23)11(7)22/h1-4,9H,19-20H2,(H,21,24). The number of benzene rings is 1. The van der Waals surface area contributed by atoms with Gasteiger partial charge in [0.25, 0.3) is 5.88 Å². The van der Waals surface area contributed by atoms with E-state index in [1.807, 2.05) is 0 Å². The lowest BCUT2D eigenvalue weighted by atomic mass is 9.92. The molecule has 0 radical (unpaired) electrons. The molecule has 0 aliphatic heterocycles. The second-order valence-corrected chi connectivity index (χ2v) is 5.29. The van der Waals surface area contributed by atoms with Crippen LogP contribution in [0.4, 0.5) is 18.9 Å². The maximum atomic E-state index is 12.6. The average molecular weight is 353 g/mol. The van der Waals surface area contributed by atoms with Gasteiger partial charge in [0.2, 0.25) is 10.9 Å². The topological polar surface area (TPSA) is 132 Å². The minimum Gasteiger partial charge on any atom is -0.491 e. The quantitative estimate of drug-likeness (QED) is 0.604. The number of alkyl halides is 3. The molecule has 0 spiro atoms. The Bertz CT molecular complexity index is 1010. The highest BCUT2D eigenvalue weighted by Crippen LogP contribution is 2.38. The molecule has 25 heavy (non-hydrogen) atoms. The lowest BCUT2D eigenvalue weighted by Crippen LogP contribution is -2.41. The summed E-state index contributed by atoms with van der Waals surface area (Å²) in [7, 11) is 0. The zero-order chi connectivity index (χ0) is 18.5.